The third kappa shape index (κ3) is 3.85. The molecule has 1 amide bonds. The van der Waals surface area contributed by atoms with Gasteiger partial charge in [0.1, 0.15) is 11.5 Å². The summed E-state index contributed by atoms with van der Waals surface area (Å²) in [6.07, 6.45) is 3.39. The molecule has 7 nitrogen and oxygen atoms in total. The summed E-state index contributed by atoms with van der Waals surface area (Å²) in [5, 5.41) is 3.22. The van der Waals surface area contributed by atoms with Crippen molar-refractivity contribution in [2.75, 3.05) is 23.9 Å². The summed E-state index contributed by atoms with van der Waals surface area (Å²) in [4.78, 5) is 22.5. The van der Waals surface area contributed by atoms with Crippen LogP contribution in [-0.2, 0) is 9.84 Å². The van der Waals surface area contributed by atoms with Crippen molar-refractivity contribution in [3.63, 3.8) is 0 Å². The van der Waals surface area contributed by atoms with Gasteiger partial charge in [-0.1, -0.05) is 18.2 Å². The fourth-order valence-corrected chi connectivity index (χ4v) is 4.84. The number of aromatic nitrogens is 2. The Balaban J connectivity index is 1.72. The molecule has 0 bridgehead atoms. The Kier molecular flexibility index (Phi) is 4.95. The molecule has 1 unspecified atom stereocenters. The van der Waals surface area contributed by atoms with Gasteiger partial charge in [-0.05, 0) is 31.4 Å². The third-order valence-corrected chi connectivity index (χ3v) is 6.43. The fraction of sp³-hybridized carbons (Fsp3) is 0.389. The van der Waals surface area contributed by atoms with Crippen LogP contribution in [0, 0.1) is 13.8 Å². The molecule has 1 saturated heterocycles. The van der Waals surface area contributed by atoms with E-state index in [2.05, 4.69) is 15.3 Å². The monoisotopic (exact) mass is 374 g/mol. The number of para-hydroxylation sites is 1. The van der Waals surface area contributed by atoms with E-state index in [4.69, 9.17) is 0 Å². The van der Waals surface area contributed by atoms with Gasteiger partial charge in [0.05, 0.1) is 23.9 Å². The van der Waals surface area contributed by atoms with Crippen LogP contribution in [0.3, 0.4) is 0 Å². The first-order valence-corrected chi connectivity index (χ1v) is 10.2. The largest absolute Gasteiger partial charge is 0.339 e. The van der Waals surface area contributed by atoms with Gasteiger partial charge >= 0.3 is 0 Å². The van der Waals surface area contributed by atoms with Gasteiger partial charge in [-0.25, -0.2) is 18.4 Å². The van der Waals surface area contributed by atoms with Crippen LogP contribution >= 0.6 is 0 Å². The highest BCUT2D eigenvalue weighted by Crippen LogP contribution is 2.23. The van der Waals surface area contributed by atoms with Crippen LogP contribution in [0.4, 0.5) is 11.5 Å². The quantitative estimate of drug-likeness (QED) is 0.881. The van der Waals surface area contributed by atoms with Crippen molar-refractivity contribution in [2.24, 2.45) is 0 Å². The highest BCUT2D eigenvalue weighted by atomic mass is 32.2. The van der Waals surface area contributed by atoms with Crippen molar-refractivity contribution >= 4 is 27.2 Å². The molecule has 1 fully saturated rings. The second kappa shape index (κ2) is 7.03. The predicted octanol–water partition coefficient (Wildman–Crippen LogP) is 2.10. The molecule has 2 heterocycles. The molecule has 1 N–H and O–H groups in total. The molecule has 1 aromatic carbocycles. The molecule has 0 aliphatic carbocycles. The Morgan fingerprint density at radius 3 is 2.42 bits per heavy atom. The van der Waals surface area contributed by atoms with Gasteiger partial charge in [-0.15, -0.1) is 0 Å². The lowest BCUT2D eigenvalue weighted by Gasteiger charge is -2.22. The van der Waals surface area contributed by atoms with Crippen LogP contribution in [0.5, 0.6) is 0 Å². The number of aryl methyl sites for hydroxylation is 2. The lowest BCUT2D eigenvalue weighted by Crippen LogP contribution is -2.38. The average Bonchev–Trinajstić information content (AvgIpc) is 2.97. The van der Waals surface area contributed by atoms with Gasteiger partial charge in [-0.2, -0.15) is 0 Å². The molecule has 1 atom stereocenters. The number of rotatable bonds is 4. The van der Waals surface area contributed by atoms with Gasteiger partial charge in [0.15, 0.2) is 9.84 Å². The van der Waals surface area contributed by atoms with E-state index >= 15 is 0 Å². The number of carbonyl (C=O) groups excluding carboxylic acids is 1. The van der Waals surface area contributed by atoms with Crippen LogP contribution in [0.25, 0.3) is 0 Å². The van der Waals surface area contributed by atoms with Gasteiger partial charge in [0.25, 0.3) is 5.91 Å². The third-order valence-electron chi connectivity index (χ3n) is 4.68. The summed E-state index contributed by atoms with van der Waals surface area (Å²) in [6.45, 7) is 4.01. The smallest absolute Gasteiger partial charge is 0.274 e. The predicted molar refractivity (Wildman–Crippen MR) is 100 cm³/mol. The number of hydrogen-bond donors (Lipinski definition) is 1. The molecule has 1 aliphatic heterocycles. The van der Waals surface area contributed by atoms with E-state index in [0.29, 0.717) is 12.2 Å². The lowest BCUT2D eigenvalue weighted by molar-refractivity contribution is 0.0741. The normalized spacial score (nSPS) is 18.5. The number of benzene rings is 1. The van der Waals surface area contributed by atoms with E-state index in [-0.39, 0.29) is 29.1 Å². The van der Waals surface area contributed by atoms with Crippen molar-refractivity contribution < 1.29 is 13.2 Å². The van der Waals surface area contributed by atoms with Crippen LogP contribution in [0.2, 0.25) is 0 Å². The summed E-state index contributed by atoms with van der Waals surface area (Å²) in [6, 6.07) is 5.69. The molecule has 1 aromatic heterocycles. The molecule has 3 rings (SSSR count). The molecular weight excluding hydrogens is 352 g/mol. The molecule has 0 radical (unpaired) electrons. The zero-order valence-corrected chi connectivity index (χ0v) is 15.9. The number of amides is 1. The van der Waals surface area contributed by atoms with Crippen LogP contribution < -0.4 is 5.32 Å². The zero-order valence-electron chi connectivity index (χ0n) is 15.1. The SMILES string of the molecule is Cc1cccc(C)c1Nc1cnc(C(=O)N(C)C2CCS(=O)(=O)C2)cn1. The first-order valence-electron chi connectivity index (χ1n) is 8.40. The van der Waals surface area contributed by atoms with Crippen LogP contribution in [0.15, 0.2) is 30.6 Å². The van der Waals surface area contributed by atoms with Crippen molar-refractivity contribution in [3.05, 3.63) is 47.4 Å². The highest BCUT2D eigenvalue weighted by Gasteiger charge is 2.33. The molecule has 26 heavy (non-hydrogen) atoms. The lowest BCUT2D eigenvalue weighted by atomic mass is 10.1. The first-order chi connectivity index (χ1) is 12.3. The van der Waals surface area contributed by atoms with Crippen molar-refractivity contribution in [1.29, 1.82) is 0 Å². The Labute approximate surface area is 153 Å². The van der Waals surface area contributed by atoms with Crippen molar-refractivity contribution in [1.82, 2.24) is 14.9 Å². The maximum absolute atomic E-state index is 12.5. The molecule has 8 heteroatoms. The van der Waals surface area contributed by atoms with Crippen molar-refractivity contribution in [3.8, 4) is 0 Å². The van der Waals surface area contributed by atoms with Crippen LogP contribution in [0.1, 0.15) is 28.0 Å². The standard InChI is InChI=1S/C18H22N4O3S/c1-12-5-4-6-13(2)17(12)21-16-10-19-15(9-20-16)18(23)22(3)14-7-8-26(24,25)11-14/h4-6,9-10,14H,7-8,11H2,1-3H3,(H,20,21). The number of sulfone groups is 1. The summed E-state index contributed by atoms with van der Waals surface area (Å²) < 4.78 is 23.2. The molecule has 1 aliphatic rings. The summed E-state index contributed by atoms with van der Waals surface area (Å²) in [5.41, 5.74) is 3.35. The summed E-state index contributed by atoms with van der Waals surface area (Å²) >= 11 is 0. The van der Waals surface area contributed by atoms with Gasteiger partial charge in [0, 0.05) is 18.8 Å². The minimum absolute atomic E-state index is 0.00880. The van der Waals surface area contributed by atoms with E-state index in [1.165, 1.54) is 17.3 Å². The number of nitrogens with one attached hydrogen (secondary N) is 1. The molecular formula is C18H22N4O3S. The van der Waals surface area contributed by atoms with E-state index in [1.54, 1.807) is 7.05 Å². The Hall–Kier alpha value is -2.48. The van der Waals surface area contributed by atoms with Gasteiger partial charge < -0.3 is 10.2 Å². The number of anilines is 2. The molecule has 0 spiro atoms. The maximum atomic E-state index is 12.5. The Morgan fingerprint density at radius 2 is 1.88 bits per heavy atom. The highest BCUT2D eigenvalue weighted by molar-refractivity contribution is 7.91. The summed E-state index contributed by atoms with van der Waals surface area (Å²) in [5.74, 6) is 0.359. The van der Waals surface area contributed by atoms with E-state index in [1.807, 2.05) is 32.0 Å². The van der Waals surface area contributed by atoms with E-state index in [0.717, 1.165) is 16.8 Å². The van der Waals surface area contributed by atoms with E-state index < -0.39 is 9.84 Å². The molecule has 0 saturated carbocycles. The Morgan fingerprint density at radius 1 is 1.19 bits per heavy atom. The second-order valence-corrected chi connectivity index (χ2v) is 8.88. The zero-order chi connectivity index (χ0) is 18.9. The number of nitrogens with zero attached hydrogens (tertiary/aromatic N) is 3. The van der Waals surface area contributed by atoms with Crippen LogP contribution in [-0.4, -0.2) is 53.8 Å². The average molecular weight is 374 g/mol. The Bertz CT molecular complexity index is 906. The fourth-order valence-electron chi connectivity index (χ4n) is 3.07. The topological polar surface area (TPSA) is 92.3 Å². The van der Waals surface area contributed by atoms with Gasteiger partial charge in [-0.3, -0.25) is 4.79 Å². The van der Waals surface area contributed by atoms with Crippen molar-refractivity contribution in [2.45, 2.75) is 26.3 Å². The number of carbonyl (C=O) groups is 1. The second-order valence-electron chi connectivity index (χ2n) is 6.65. The minimum Gasteiger partial charge on any atom is -0.339 e. The first kappa shape index (κ1) is 18.3. The van der Waals surface area contributed by atoms with Gasteiger partial charge in [0.2, 0.25) is 0 Å². The summed E-state index contributed by atoms with van der Waals surface area (Å²) in [7, 11) is -1.44. The minimum atomic E-state index is -3.05. The maximum Gasteiger partial charge on any atom is 0.274 e. The molecule has 138 valence electrons. The molecule has 2 aromatic rings. The van der Waals surface area contributed by atoms with E-state index in [9.17, 15) is 13.2 Å². The number of hydrogen-bond acceptors (Lipinski definition) is 6.